The molecule has 0 saturated carbocycles. The van der Waals surface area contributed by atoms with Gasteiger partial charge in [-0.3, -0.25) is 0 Å². The molecule has 2 aromatic rings. The van der Waals surface area contributed by atoms with Crippen molar-refractivity contribution in [3.05, 3.63) is 107 Å². The molecule has 0 unspecified atom stereocenters. The minimum atomic E-state index is -4.82. The van der Waals surface area contributed by atoms with Gasteiger partial charge in [-0.15, -0.1) is 0 Å². The van der Waals surface area contributed by atoms with Gasteiger partial charge >= 0.3 is 61.6 Å². The normalized spacial score (nSPS) is 11.8. The summed E-state index contributed by atoms with van der Waals surface area (Å²) in [6.07, 6.45) is 107. The van der Waals surface area contributed by atoms with E-state index in [9.17, 15) is 45.1 Å². The Bertz CT molecular complexity index is 2880. The van der Waals surface area contributed by atoms with Crippen molar-refractivity contribution in [3.8, 4) is 0 Å². The number of ether oxygens (including phenoxy) is 4. The molecule has 0 aliphatic rings. The molecule has 0 heterocycles. The summed E-state index contributed by atoms with van der Waals surface area (Å²) < 4.78 is 91.9. The molecule has 0 spiro atoms. The van der Waals surface area contributed by atoms with Crippen LogP contribution < -0.4 is 0 Å². The average Bonchev–Trinajstić information content (AvgIpc) is 0.813. The zero-order chi connectivity index (χ0) is 87.2. The van der Waals surface area contributed by atoms with Crippen LogP contribution in [0.2, 0.25) is 0 Å². The Morgan fingerprint density at radius 2 is 0.364 bits per heavy atom. The largest absolute Gasteiger partial charge is 2.00 e. The molecule has 0 saturated heterocycles. The molecule has 0 aliphatic heterocycles. The molecule has 0 aromatic heterocycles. The Balaban J connectivity index is 0.00000236. The number of benzene rings is 2. The van der Waals surface area contributed by atoms with E-state index in [-0.39, 0.29) is 86.4 Å². The van der Waals surface area contributed by atoms with Gasteiger partial charge in [0.1, 0.15) is 20.2 Å². The van der Waals surface area contributed by atoms with Gasteiger partial charge in [0.15, 0.2) is 0 Å². The van der Waals surface area contributed by atoms with Crippen molar-refractivity contribution in [1.29, 1.82) is 0 Å². The van der Waals surface area contributed by atoms with Crippen LogP contribution in [0.3, 0.4) is 0 Å². The Morgan fingerprint density at radius 1 is 0.223 bits per heavy atom. The van der Waals surface area contributed by atoms with Crippen LogP contribution in [0.5, 0.6) is 0 Å². The van der Waals surface area contributed by atoms with E-state index in [0.29, 0.717) is 25.7 Å². The smallest absolute Gasteiger partial charge is 0.744 e. The number of hydrogen-bond donors (Lipinski definition) is 0. The Hall–Kier alpha value is -3.64. The fourth-order valence-electron chi connectivity index (χ4n) is 15.2. The summed E-state index contributed by atoms with van der Waals surface area (Å²) in [5.74, 6) is -3.08. The molecule has 0 N–H and O–H groups in total. The third-order valence-corrected chi connectivity index (χ3v) is 24.7. The van der Waals surface area contributed by atoms with E-state index in [4.69, 9.17) is 18.9 Å². The van der Waals surface area contributed by atoms with Gasteiger partial charge in [-0.05, 0) is 165 Å². The number of carbonyl (C=O) groups is 4. The van der Waals surface area contributed by atoms with Crippen LogP contribution in [0.4, 0.5) is 0 Å². The second-order valence-corrected chi connectivity index (χ2v) is 37.0. The number of rotatable bonds is 86. The van der Waals surface area contributed by atoms with Gasteiger partial charge in [0.05, 0.1) is 58.5 Å². The minimum absolute atomic E-state index is 0. The summed E-state index contributed by atoms with van der Waals surface area (Å²) in [6, 6.07) is 6.31. The van der Waals surface area contributed by atoms with Gasteiger partial charge in [-0.25, -0.2) is 36.0 Å². The molecule has 692 valence electrons. The molecule has 0 atom stereocenters. The molecule has 2 rings (SSSR count). The van der Waals surface area contributed by atoms with Crippen LogP contribution >= 0.6 is 0 Å². The van der Waals surface area contributed by atoms with Gasteiger partial charge < -0.3 is 28.1 Å². The topological polar surface area (TPSA) is 220 Å². The first-order valence-corrected chi connectivity index (χ1v) is 52.9. The third-order valence-electron chi connectivity index (χ3n) is 23.0. The molecule has 0 bridgehead atoms. The van der Waals surface area contributed by atoms with E-state index in [2.05, 4.69) is 76.3 Å². The SMILES string of the molecule is CCCCCC/C=C/CCCCCCCCCCCCCCOC(=O)c1ccc(S(=O)(=O)[O-])cc1C(=O)OCCCCCCCCCCCCCC/C=C/CCCCCC.CCCCCC/C=C/CCCCCCCCCCCCCCOC(=O)c1ccc(S(=O)(=O)[O-])cc1C(=O)OCCCCCCCCCCCCCC/C=C/CCCCCC.[Ca+2]. The predicted octanol–water partition coefficient (Wildman–Crippen LogP) is 31.8. The summed E-state index contributed by atoms with van der Waals surface area (Å²) in [7, 11) is -9.64. The minimum Gasteiger partial charge on any atom is -0.744 e. The van der Waals surface area contributed by atoms with Crippen LogP contribution in [0, 0.1) is 0 Å². The first-order valence-electron chi connectivity index (χ1n) is 50.1. The molecule has 121 heavy (non-hydrogen) atoms. The first kappa shape index (κ1) is 117. The van der Waals surface area contributed by atoms with Crippen LogP contribution in [0.25, 0.3) is 0 Å². The fourth-order valence-corrected chi connectivity index (χ4v) is 16.2. The van der Waals surface area contributed by atoms with Gasteiger partial charge in [-0.2, -0.15) is 0 Å². The third kappa shape index (κ3) is 75.1. The average molecular weight is 1760 g/mol. The van der Waals surface area contributed by atoms with E-state index in [1.54, 1.807) is 0 Å². The van der Waals surface area contributed by atoms with Crippen molar-refractivity contribution < 1.29 is 64.1 Å². The maximum absolute atomic E-state index is 13.0. The second kappa shape index (κ2) is 88.4. The molecular formula is C104H178CaO14S2. The number of carbonyl (C=O) groups excluding carboxylic acids is 4. The van der Waals surface area contributed by atoms with Crippen molar-refractivity contribution >= 4 is 81.9 Å². The Labute approximate surface area is 773 Å². The quantitative estimate of drug-likeness (QED) is 0.0150. The zero-order valence-electron chi connectivity index (χ0n) is 78.1. The van der Waals surface area contributed by atoms with Crippen molar-refractivity contribution in [2.45, 2.75) is 500 Å². The fraction of sp³-hybridized carbons (Fsp3) is 0.769. The van der Waals surface area contributed by atoms with Gasteiger partial charge in [0.25, 0.3) is 0 Å². The summed E-state index contributed by atoms with van der Waals surface area (Å²) in [5.41, 5.74) is -0.665. The monoisotopic (exact) mass is 1760 g/mol. The maximum atomic E-state index is 13.0. The van der Waals surface area contributed by atoms with Crippen LogP contribution in [-0.4, -0.2) is 114 Å². The number of esters is 4. The summed E-state index contributed by atoms with van der Waals surface area (Å²) >= 11 is 0. The van der Waals surface area contributed by atoms with E-state index in [1.165, 1.54) is 372 Å². The molecule has 2 aromatic carbocycles. The van der Waals surface area contributed by atoms with Crippen molar-refractivity contribution in [3.63, 3.8) is 0 Å². The Morgan fingerprint density at radius 3 is 0.521 bits per heavy atom. The predicted molar refractivity (Wildman–Crippen MR) is 507 cm³/mol. The summed E-state index contributed by atoms with van der Waals surface area (Å²) in [5, 5.41) is 0. The second-order valence-electron chi connectivity index (χ2n) is 34.3. The van der Waals surface area contributed by atoms with Crippen molar-refractivity contribution in [2.24, 2.45) is 0 Å². The van der Waals surface area contributed by atoms with Crippen molar-refractivity contribution in [1.82, 2.24) is 0 Å². The molecule has 0 amide bonds. The zero-order valence-corrected chi connectivity index (χ0v) is 81.9. The summed E-state index contributed by atoms with van der Waals surface area (Å²) in [6.45, 7) is 9.77. The molecule has 14 nitrogen and oxygen atoms in total. The van der Waals surface area contributed by atoms with E-state index < -0.39 is 53.9 Å². The maximum Gasteiger partial charge on any atom is 2.00 e. The van der Waals surface area contributed by atoms with Gasteiger partial charge in [0.2, 0.25) is 0 Å². The van der Waals surface area contributed by atoms with Crippen LogP contribution in [0.15, 0.2) is 94.8 Å². The molecule has 17 heteroatoms. The van der Waals surface area contributed by atoms with E-state index >= 15 is 0 Å². The first-order chi connectivity index (χ1) is 58.6. The molecule has 0 fully saturated rings. The van der Waals surface area contributed by atoms with E-state index in [1.807, 2.05) is 0 Å². The van der Waals surface area contributed by atoms with Gasteiger partial charge in [-0.1, -0.05) is 410 Å². The summed E-state index contributed by atoms with van der Waals surface area (Å²) in [4.78, 5) is 50.7. The molecular weight excluding hydrogens is 1580 g/mol. The standard InChI is InChI=1S/2C52H90O7S.Ca/c2*1-3-5-7-9-11-13-15-17-19-21-23-25-27-29-31-33-35-37-39-41-45-58-51(53)49-44-43-48(60(55,56)57)47-50(49)52(54)59-46-42-40-38-36-34-32-30-28-26-24-22-20-18-16-14-12-10-8-6-4-2;/h2*13-16,43-44,47H,3-12,17-42,45-46H2,1-2H3,(H,55,56,57);/q;;+2/p-2/b2*15-13+,16-14+;. The number of unbranched alkanes of at least 4 members (excludes halogenated alkanes) is 64. The number of hydrogen-bond acceptors (Lipinski definition) is 14. The van der Waals surface area contributed by atoms with Crippen molar-refractivity contribution in [2.75, 3.05) is 26.4 Å². The van der Waals surface area contributed by atoms with Crippen LogP contribution in [-0.2, 0) is 39.2 Å². The van der Waals surface area contributed by atoms with E-state index in [0.717, 1.165) is 101 Å². The Kier molecular flexibility index (Phi) is 85.7. The molecule has 0 aliphatic carbocycles. The molecule has 0 radical (unpaired) electrons. The van der Waals surface area contributed by atoms with Gasteiger partial charge in [0, 0.05) is 0 Å². The number of allylic oxidation sites excluding steroid dienone is 8. The van der Waals surface area contributed by atoms with Crippen LogP contribution in [0.1, 0.15) is 531 Å².